The summed E-state index contributed by atoms with van der Waals surface area (Å²) in [4.78, 5) is 26.7. The molecule has 1 aliphatic heterocycles. The summed E-state index contributed by atoms with van der Waals surface area (Å²) >= 11 is 0. The maximum Gasteiger partial charge on any atom is 0.254 e. The minimum absolute atomic E-state index is 0.0176. The first-order chi connectivity index (χ1) is 9.11. The molecule has 0 fully saturated rings. The highest BCUT2D eigenvalue weighted by Gasteiger charge is 2.22. The smallest absolute Gasteiger partial charge is 0.254 e. The number of aldehydes is 1. The zero-order chi connectivity index (χ0) is 13.8. The minimum Gasteiger partial charge on any atom is -0.332 e. The van der Waals surface area contributed by atoms with E-state index in [2.05, 4.69) is 11.0 Å². The lowest BCUT2D eigenvalue weighted by atomic mass is 10.0. The van der Waals surface area contributed by atoms with Gasteiger partial charge in [-0.25, -0.2) is 0 Å². The quantitative estimate of drug-likeness (QED) is 0.767. The fraction of sp³-hybridized carbons (Fsp3) is 0.467. The van der Waals surface area contributed by atoms with Crippen molar-refractivity contribution in [1.29, 1.82) is 0 Å². The third-order valence-corrected chi connectivity index (χ3v) is 3.36. The molecule has 1 aliphatic rings. The van der Waals surface area contributed by atoms with E-state index in [1.807, 2.05) is 26.2 Å². The zero-order valence-corrected chi connectivity index (χ0v) is 11.6. The van der Waals surface area contributed by atoms with E-state index in [0.717, 1.165) is 36.8 Å². The van der Waals surface area contributed by atoms with Crippen molar-refractivity contribution in [2.75, 3.05) is 27.2 Å². The van der Waals surface area contributed by atoms with Crippen LogP contribution in [0.25, 0.3) is 0 Å². The molecule has 0 saturated heterocycles. The monoisotopic (exact) mass is 260 g/mol. The van der Waals surface area contributed by atoms with Crippen molar-refractivity contribution >= 4 is 12.2 Å². The summed E-state index contributed by atoms with van der Waals surface area (Å²) in [5.74, 6) is -0.0176. The number of aryl methyl sites for hydroxylation is 1. The van der Waals surface area contributed by atoms with Gasteiger partial charge in [0.1, 0.15) is 6.29 Å². The van der Waals surface area contributed by atoms with Crippen LogP contribution in [0.5, 0.6) is 0 Å². The number of nitrogens with zero attached hydrogens (tertiary/aromatic N) is 2. The minimum atomic E-state index is -0.0176. The van der Waals surface area contributed by atoms with Gasteiger partial charge in [0.15, 0.2) is 0 Å². The van der Waals surface area contributed by atoms with Gasteiger partial charge in [-0.3, -0.25) is 4.79 Å². The molecule has 0 bridgehead atoms. The first-order valence-electron chi connectivity index (χ1n) is 6.61. The van der Waals surface area contributed by atoms with E-state index in [0.29, 0.717) is 6.54 Å². The molecule has 1 amide bonds. The number of carbonyl (C=O) groups excluding carboxylic acids is 2. The van der Waals surface area contributed by atoms with Gasteiger partial charge >= 0.3 is 0 Å². The summed E-state index contributed by atoms with van der Waals surface area (Å²) in [6.07, 6.45) is 2.61. The number of benzene rings is 1. The van der Waals surface area contributed by atoms with Crippen LogP contribution in [0.2, 0.25) is 0 Å². The van der Waals surface area contributed by atoms with Crippen molar-refractivity contribution in [1.82, 2.24) is 9.80 Å². The number of amides is 1. The Labute approximate surface area is 114 Å². The van der Waals surface area contributed by atoms with Gasteiger partial charge in [-0.05, 0) is 44.1 Å². The topological polar surface area (TPSA) is 40.6 Å². The molecular weight excluding hydrogens is 240 g/mol. The van der Waals surface area contributed by atoms with E-state index in [1.54, 1.807) is 4.90 Å². The summed E-state index contributed by atoms with van der Waals surface area (Å²) in [7, 11) is 4.06. The second-order valence-corrected chi connectivity index (χ2v) is 5.25. The summed E-state index contributed by atoms with van der Waals surface area (Å²) in [6, 6.07) is 6.03. The van der Waals surface area contributed by atoms with Gasteiger partial charge in [0.25, 0.3) is 5.91 Å². The summed E-state index contributed by atoms with van der Waals surface area (Å²) < 4.78 is 0. The van der Waals surface area contributed by atoms with Gasteiger partial charge in [-0.2, -0.15) is 0 Å². The van der Waals surface area contributed by atoms with Crippen molar-refractivity contribution < 1.29 is 9.59 Å². The van der Waals surface area contributed by atoms with Crippen LogP contribution in [0.15, 0.2) is 18.2 Å². The second-order valence-electron chi connectivity index (χ2n) is 5.25. The molecule has 0 radical (unpaired) electrons. The van der Waals surface area contributed by atoms with Crippen LogP contribution in [0, 0.1) is 0 Å². The fourth-order valence-electron chi connectivity index (χ4n) is 2.52. The van der Waals surface area contributed by atoms with E-state index < -0.39 is 0 Å². The number of hydrogen-bond acceptors (Lipinski definition) is 3. The zero-order valence-electron chi connectivity index (χ0n) is 11.6. The lowest BCUT2D eigenvalue weighted by Crippen LogP contribution is -2.32. The second kappa shape index (κ2) is 5.97. The molecule has 2 rings (SSSR count). The van der Waals surface area contributed by atoms with Crippen LogP contribution >= 0.6 is 0 Å². The van der Waals surface area contributed by atoms with Gasteiger partial charge in [-0.1, -0.05) is 12.1 Å². The molecule has 4 nitrogen and oxygen atoms in total. The van der Waals surface area contributed by atoms with Crippen LogP contribution in [0.4, 0.5) is 0 Å². The summed E-state index contributed by atoms with van der Waals surface area (Å²) in [6.45, 7) is 1.73. The molecule has 0 spiro atoms. The maximum absolute atomic E-state index is 12.3. The Bertz CT molecular complexity index is 483. The van der Waals surface area contributed by atoms with Gasteiger partial charge in [0.05, 0.1) is 6.54 Å². The van der Waals surface area contributed by atoms with E-state index in [-0.39, 0.29) is 12.5 Å². The molecule has 0 unspecified atom stereocenters. The average molecular weight is 260 g/mol. The standard InChI is InChI=1S/C15H20N2O2/c1-16(2)11-12-5-6-14-13(10-12)4-3-7-17(8-9-18)15(14)19/h5-6,9-10H,3-4,7-8,11H2,1-2H3. The normalized spacial score (nSPS) is 15.3. The van der Waals surface area contributed by atoms with Crippen LogP contribution in [-0.2, 0) is 17.8 Å². The molecule has 0 atom stereocenters. The van der Waals surface area contributed by atoms with Gasteiger partial charge in [0, 0.05) is 18.7 Å². The Morgan fingerprint density at radius 3 is 2.84 bits per heavy atom. The summed E-state index contributed by atoms with van der Waals surface area (Å²) in [5, 5.41) is 0. The number of hydrogen-bond donors (Lipinski definition) is 0. The third kappa shape index (κ3) is 3.20. The van der Waals surface area contributed by atoms with Crippen LogP contribution in [-0.4, -0.2) is 49.2 Å². The highest BCUT2D eigenvalue weighted by atomic mass is 16.2. The van der Waals surface area contributed by atoms with Crippen LogP contribution < -0.4 is 0 Å². The van der Waals surface area contributed by atoms with E-state index in [9.17, 15) is 9.59 Å². The molecule has 4 heteroatoms. The predicted octanol–water partition coefficient (Wildman–Crippen LogP) is 1.34. The highest BCUT2D eigenvalue weighted by molar-refractivity contribution is 5.97. The summed E-state index contributed by atoms with van der Waals surface area (Å²) in [5.41, 5.74) is 3.08. The molecule has 19 heavy (non-hydrogen) atoms. The van der Waals surface area contributed by atoms with E-state index in [1.165, 1.54) is 5.56 Å². The maximum atomic E-state index is 12.3. The van der Waals surface area contributed by atoms with Crippen molar-refractivity contribution in [3.8, 4) is 0 Å². The molecule has 0 aromatic heterocycles. The number of fused-ring (bicyclic) bond motifs is 1. The Kier molecular flexibility index (Phi) is 4.32. The average Bonchev–Trinajstić information content (AvgIpc) is 2.50. The Hall–Kier alpha value is -1.68. The molecule has 0 saturated carbocycles. The van der Waals surface area contributed by atoms with Crippen molar-refractivity contribution in [3.63, 3.8) is 0 Å². The Morgan fingerprint density at radius 2 is 2.16 bits per heavy atom. The molecule has 1 aromatic carbocycles. The first-order valence-corrected chi connectivity index (χ1v) is 6.61. The molecule has 1 aromatic rings. The molecule has 0 aliphatic carbocycles. The third-order valence-electron chi connectivity index (χ3n) is 3.36. The lowest BCUT2D eigenvalue weighted by Gasteiger charge is -2.18. The molecular formula is C15H20N2O2. The lowest BCUT2D eigenvalue weighted by molar-refractivity contribution is -0.108. The van der Waals surface area contributed by atoms with Crippen molar-refractivity contribution in [2.24, 2.45) is 0 Å². The van der Waals surface area contributed by atoms with E-state index in [4.69, 9.17) is 0 Å². The first kappa shape index (κ1) is 13.7. The van der Waals surface area contributed by atoms with E-state index >= 15 is 0 Å². The molecule has 0 N–H and O–H groups in total. The molecule has 1 heterocycles. The largest absolute Gasteiger partial charge is 0.332 e. The van der Waals surface area contributed by atoms with Crippen LogP contribution in [0.3, 0.4) is 0 Å². The van der Waals surface area contributed by atoms with Gasteiger partial charge in [0.2, 0.25) is 0 Å². The van der Waals surface area contributed by atoms with Crippen LogP contribution in [0.1, 0.15) is 27.9 Å². The SMILES string of the molecule is CN(C)Cc1ccc2c(c1)CCCN(CC=O)C2=O. The van der Waals surface area contributed by atoms with Gasteiger partial charge in [-0.15, -0.1) is 0 Å². The molecule has 102 valence electrons. The predicted molar refractivity (Wildman–Crippen MR) is 74.1 cm³/mol. The van der Waals surface area contributed by atoms with Crippen molar-refractivity contribution in [2.45, 2.75) is 19.4 Å². The highest BCUT2D eigenvalue weighted by Crippen LogP contribution is 2.20. The Balaban J connectivity index is 2.28. The number of rotatable bonds is 4. The number of carbonyl (C=O) groups is 2. The fourth-order valence-corrected chi connectivity index (χ4v) is 2.52. The van der Waals surface area contributed by atoms with Crippen molar-refractivity contribution in [3.05, 3.63) is 34.9 Å². The van der Waals surface area contributed by atoms with Gasteiger partial charge < -0.3 is 14.6 Å². The Morgan fingerprint density at radius 1 is 1.37 bits per heavy atom.